The van der Waals surface area contributed by atoms with Crippen molar-refractivity contribution in [2.45, 2.75) is 0 Å². The van der Waals surface area contributed by atoms with Gasteiger partial charge in [0.2, 0.25) is 0 Å². The van der Waals surface area contributed by atoms with Crippen molar-refractivity contribution in [2.24, 2.45) is 0 Å². The molecule has 0 unspecified atom stereocenters. The van der Waals surface area contributed by atoms with Crippen LogP contribution in [0.3, 0.4) is 0 Å². The molecule has 0 amide bonds. The smallest absolute Gasteiger partial charge is 0.0726 e. The summed E-state index contributed by atoms with van der Waals surface area (Å²) in [5, 5.41) is 4.34. The zero-order valence-electron chi connectivity index (χ0n) is 11.1. The zero-order valence-corrected chi connectivity index (χ0v) is 11.1. The molecule has 1 aromatic heterocycles. The van der Waals surface area contributed by atoms with Crippen LogP contribution >= 0.6 is 0 Å². The molecular weight excluding hydrogens is 238 g/mol. The predicted octanol–water partition coefficient (Wildman–Crippen LogP) is 1.39. The molecule has 19 heavy (non-hydrogen) atoms. The number of hydrogen-bond acceptors (Lipinski definition) is 5. The summed E-state index contributed by atoms with van der Waals surface area (Å²) in [6.45, 7) is 4.16. The van der Waals surface area contributed by atoms with E-state index in [4.69, 9.17) is 5.73 Å². The van der Waals surface area contributed by atoms with Crippen molar-refractivity contribution in [3.05, 3.63) is 30.6 Å². The Balaban J connectivity index is 1.83. The van der Waals surface area contributed by atoms with Gasteiger partial charge in [0.05, 0.1) is 11.4 Å². The third-order valence-corrected chi connectivity index (χ3v) is 3.64. The standard InChI is InChI=1S/C14H19N5/c1-18-6-8-19(9-7-18)17-13-3-2-11-10-16-5-4-12(11)14(13)15/h2-5,10,17H,6-9,15H2,1H3. The number of piperazine rings is 1. The van der Waals surface area contributed by atoms with Gasteiger partial charge in [-0.3, -0.25) is 4.98 Å². The summed E-state index contributed by atoms with van der Waals surface area (Å²) in [4.78, 5) is 6.44. The van der Waals surface area contributed by atoms with Crippen LogP contribution in [0.25, 0.3) is 10.8 Å². The number of fused-ring (bicyclic) bond motifs is 1. The number of rotatable bonds is 2. The molecule has 0 atom stereocenters. The van der Waals surface area contributed by atoms with Gasteiger partial charge < -0.3 is 16.1 Å². The summed E-state index contributed by atoms with van der Waals surface area (Å²) in [6.07, 6.45) is 3.61. The van der Waals surface area contributed by atoms with Gasteiger partial charge in [-0.25, -0.2) is 5.01 Å². The summed E-state index contributed by atoms with van der Waals surface area (Å²) in [5.74, 6) is 0. The Kier molecular flexibility index (Phi) is 3.23. The molecular formula is C14H19N5. The number of likely N-dealkylation sites (N-methyl/N-ethyl adjacent to an activating group) is 1. The lowest BCUT2D eigenvalue weighted by atomic mass is 10.1. The monoisotopic (exact) mass is 257 g/mol. The average Bonchev–Trinajstić information content (AvgIpc) is 2.45. The Morgan fingerprint density at radius 2 is 1.95 bits per heavy atom. The number of pyridine rings is 1. The summed E-state index contributed by atoms with van der Waals surface area (Å²) in [5.41, 5.74) is 11.4. The molecule has 100 valence electrons. The van der Waals surface area contributed by atoms with Gasteiger partial charge in [-0.15, -0.1) is 0 Å². The zero-order chi connectivity index (χ0) is 13.2. The Hall–Kier alpha value is -1.85. The number of hydrogen-bond donors (Lipinski definition) is 2. The van der Waals surface area contributed by atoms with Crippen LogP contribution < -0.4 is 11.2 Å². The number of hydrazine groups is 1. The summed E-state index contributed by atoms with van der Waals surface area (Å²) in [7, 11) is 2.15. The van der Waals surface area contributed by atoms with E-state index >= 15 is 0 Å². The van der Waals surface area contributed by atoms with E-state index in [-0.39, 0.29) is 0 Å². The highest BCUT2D eigenvalue weighted by molar-refractivity contribution is 5.98. The van der Waals surface area contributed by atoms with Gasteiger partial charge in [0, 0.05) is 49.3 Å². The molecule has 5 heteroatoms. The molecule has 5 nitrogen and oxygen atoms in total. The number of nitrogens with two attached hydrogens (primary N) is 1. The first-order valence-corrected chi connectivity index (χ1v) is 6.56. The third kappa shape index (κ3) is 2.47. The van der Waals surface area contributed by atoms with Gasteiger partial charge in [0.15, 0.2) is 0 Å². The first-order valence-electron chi connectivity index (χ1n) is 6.56. The fraction of sp³-hybridized carbons (Fsp3) is 0.357. The van der Waals surface area contributed by atoms with Crippen LogP contribution in [0.15, 0.2) is 30.6 Å². The predicted molar refractivity (Wildman–Crippen MR) is 78.8 cm³/mol. The largest absolute Gasteiger partial charge is 0.397 e. The number of nitrogen functional groups attached to an aromatic ring is 1. The second-order valence-electron chi connectivity index (χ2n) is 5.03. The fourth-order valence-electron chi connectivity index (χ4n) is 2.38. The van der Waals surface area contributed by atoms with Gasteiger partial charge in [-0.1, -0.05) is 6.07 Å². The van der Waals surface area contributed by atoms with Gasteiger partial charge in [-0.05, 0) is 19.2 Å². The van der Waals surface area contributed by atoms with Crippen molar-refractivity contribution < 1.29 is 0 Å². The van der Waals surface area contributed by atoms with Crippen molar-refractivity contribution in [2.75, 3.05) is 44.4 Å². The first kappa shape index (κ1) is 12.2. The van der Waals surface area contributed by atoms with Crippen LogP contribution in [-0.4, -0.2) is 48.1 Å². The van der Waals surface area contributed by atoms with Crippen LogP contribution in [0.1, 0.15) is 0 Å². The molecule has 1 saturated heterocycles. The quantitative estimate of drug-likeness (QED) is 0.796. The van der Waals surface area contributed by atoms with Crippen molar-refractivity contribution in [1.82, 2.24) is 14.9 Å². The molecule has 1 aliphatic heterocycles. The van der Waals surface area contributed by atoms with E-state index in [2.05, 4.69) is 33.4 Å². The second kappa shape index (κ2) is 5.03. The maximum Gasteiger partial charge on any atom is 0.0726 e. The normalized spacial score (nSPS) is 17.7. The number of nitrogens with zero attached hydrogens (tertiary/aromatic N) is 3. The van der Waals surface area contributed by atoms with E-state index in [1.807, 2.05) is 18.3 Å². The van der Waals surface area contributed by atoms with Gasteiger partial charge >= 0.3 is 0 Å². The minimum atomic E-state index is 0.791. The molecule has 0 bridgehead atoms. The number of benzene rings is 1. The highest BCUT2D eigenvalue weighted by atomic mass is 15.5. The van der Waals surface area contributed by atoms with Crippen molar-refractivity contribution >= 4 is 22.1 Å². The van der Waals surface area contributed by atoms with Gasteiger partial charge in [-0.2, -0.15) is 0 Å². The van der Waals surface area contributed by atoms with Crippen LogP contribution in [0.5, 0.6) is 0 Å². The lowest BCUT2D eigenvalue weighted by Crippen LogP contribution is -2.47. The molecule has 1 aromatic carbocycles. The second-order valence-corrected chi connectivity index (χ2v) is 5.03. The summed E-state index contributed by atoms with van der Waals surface area (Å²) < 4.78 is 0. The molecule has 3 rings (SSSR count). The van der Waals surface area contributed by atoms with Crippen molar-refractivity contribution in [3.63, 3.8) is 0 Å². The molecule has 0 saturated carbocycles. The minimum Gasteiger partial charge on any atom is -0.397 e. The Labute approximate surface area is 113 Å². The molecule has 2 aromatic rings. The summed E-state index contributed by atoms with van der Waals surface area (Å²) >= 11 is 0. The minimum absolute atomic E-state index is 0.791. The van der Waals surface area contributed by atoms with Gasteiger partial charge in [0.25, 0.3) is 0 Å². The SMILES string of the molecule is CN1CCN(Nc2ccc3cnccc3c2N)CC1. The molecule has 1 aliphatic rings. The van der Waals surface area contributed by atoms with E-state index < -0.39 is 0 Å². The highest BCUT2D eigenvalue weighted by Crippen LogP contribution is 2.28. The molecule has 2 heterocycles. The third-order valence-electron chi connectivity index (χ3n) is 3.64. The van der Waals surface area contributed by atoms with Gasteiger partial charge in [0.1, 0.15) is 0 Å². The van der Waals surface area contributed by atoms with Crippen LogP contribution in [0, 0.1) is 0 Å². The van der Waals surface area contributed by atoms with Crippen molar-refractivity contribution in [3.8, 4) is 0 Å². The topological polar surface area (TPSA) is 57.4 Å². The Morgan fingerprint density at radius 3 is 2.74 bits per heavy atom. The molecule has 0 aliphatic carbocycles. The maximum atomic E-state index is 6.24. The van der Waals surface area contributed by atoms with E-state index in [1.165, 1.54) is 0 Å². The fourth-order valence-corrected chi connectivity index (χ4v) is 2.38. The summed E-state index contributed by atoms with van der Waals surface area (Å²) in [6, 6.07) is 6.04. The average molecular weight is 257 g/mol. The first-order chi connectivity index (χ1) is 9.24. The molecule has 0 spiro atoms. The van der Waals surface area contributed by atoms with E-state index in [9.17, 15) is 0 Å². The van der Waals surface area contributed by atoms with Crippen LogP contribution in [-0.2, 0) is 0 Å². The van der Waals surface area contributed by atoms with Crippen molar-refractivity contribution in [1.29, 1.82) is 0 Å². The number of anilines is 2. The molecule has 0 radical (unpaired) electrons. The van der Waals surface area contributed by atoms with Crippen LogP contribution in [0.2, 0.25) is 0 Å². The molecule has 1 fully saturated rings. The van der Waals surface area contributed by atoms with E-state index in [0.29, 0.717) is 0 Å². The van der Waals surface area contributed by atoms with E-state index in [1.54, 1.807) is 6.20 Å². The lowest BCUT2D eigenvalue weighted by Gasteiger charge is -2.33. The van der Waals surface area contributed by atoms with Crippen LogP contribution in [0.4, 0.5) is 11.4 Å². The highest BCUT2D eigenvalue weighted by Gasteiger charge is 2.14. The Morgan fingerprint density at radius 1 is 1.16 bits per heavy atom. The lowest BCUT2D eigenvalue weighted by molar-refractivity contribution is 0.179. The maximum absolute atomic E-state index is 6.24. The number of aromatic nitrogens is 1. The molecule has 3 N–H and O–H groups in total. The number of nitrogens with one attached hydrogen (secondary N) is 1. The van der Waals surface area contributed by atoms with E-state index in [0.717, 1.165) is 48.3 Å². The Bertz CT molecular complexity index is 575.